The van der Waals surface area contributed by atoms with Crippen LogP contribution in [0.5, 0.6) is 0 Å². The van der Waals surface area contributed by atoms with Crippen LogP contribution < -0.4 is 5.32 Å². The molecule has 1 saturated heterocycles. The van der Waals surface area contributed by atoms with Gasteiger partial charge in [-0.1, -0.05) is 12.5 Å². The minimum atomic E-state index is -1.07. The number of benzene rings is 1. The summed E-state index contributed by atoms with van der Waals surface area (Å²) in [5.41, 5.74) is 0.757. The maximum Gasteiger partial charge on any atom is 0.336 e. The molecule has 1 aliphatic rings. The predicted molar refractivity (Wildman–Crippen MR) is 58.0 cm³/mol. The zero-order chi connectivity index (χ0) is 11.5. The molecule has 16 heavy (non-hydrogen) atoms. The van der Waals surface area contributed by atoms with E-state index in [1.165, 1.54) is 6.07 Å². The van der Waals surface area contributed by atoms with Crippen molar-refractivity contribution in [3.05, 3.63) is 35.1 Å². The van der Waals surface area contributed by atoms with Crippen molar-refractivity contribution < 1.29 is 14.3 Å². The summed E-state index contributed by atoms with van der Waals surface area (Å²) in [4.78, 5) is 11.0. The predicted octanol–water partition coefficient (Wildman–Crippen LogP) is 2.34. The van der Waals surface area contributed by atoms with Gasteiger partial charge in [0.15, 0.2) is 0 Å². The van der Waals surface area contributed by atoms with E-state index in [0.717, 1.165) is 31.9 Å². The van der Waals surface area contributed by atoms with Crippen molar-refractivity contribution in [2.24, 2.45) is 0 Å². The van der Waals surface area contributed by atoms with Crippen molar-refractivity contribution in [1.29, 1.82) is 0 Å². The second-order valence-corrected chi connectivity index (χ2v) is 4.04. The summed E-state index contributed by atoms with van der Waals surface area (Å²) in [6.07, 6.45) is 3.10. The zero-order valence-corrected chi connectivity index (χ0v) is 8.87. The summed E-state index contributed by atoms with van der Waals surface area (Å²) >= 11 is 0. The number of hydrogen-bond acceptors (Lipinski definition) is 2. The monoisotopic (exact) mass is 223 g/mol. The van der Waals surface area contributed by atoms with E-state index in [4.69, 9.17) is 5.11 Å². The van der Waals surface area contributed by atoms with E-state index in [0.29, 0.717) is 5.56 Å². The zero-order valence-electron chi connectivity index (χ0n) is 8.87. The van der Waals surface area contributed by atoms with Crippen molar-refractivity contribution in [3.63, 3.8) is 0 Å². The third kappa shape index (κ3) is 2.22. The molecule has 0 bridgehead atoms. The third-order valence-corrected chi connectivity index (χ3v) is 2.93. The molecule has 3 nitrogen and oxygen atoms in total. The van der Waals surface area contributed by atoms with E-state index in [2.05, 4.69) is 5.32 Å². The van der Waals surface area contributed by atoms with Crippen LogP contribution in [0.25, 0.3) is 0 Å². The van der Waals surface area contributed by atoms with Gasteiger partial charge in [0.2, 0.25) is 0 Å². The first kappa shape index (κ1) is 11.1. The Balaban J connectivity index is 2.34. The first-order valence-corrected chi connectivity index (χ1v) is 5.44. The van der Waals surface area contributed by atoms with E-state index in [1.54, 1.807) is 6.07 Å². The SMILES string of the molecule is O=C(O)c1cc(F)ccc1C1CCCCN1. The van der Waals surface area contributed by atoms with Crippen molar-refractivity contribution >= 4 is 5.97 Å². The molecule has 0 amide bonds. The maximum atomic E-state index is 13.0. The fourth-order valence-electron chi connectivity index (χ4n) is 2.13. The van der Waals surface area contributed by atoms with Gasteiger partial charge in [-0.05, 0) is 37.1 Å². The fourth-order valence-corrected chi connectivity index (χ4v) is 2.13. The highest BCUT2D eigenvalue weighted by Gasteiger charge is 2.21. The summed E-state index contributed by atoms with van der Waals surface area (Å²) in [6, 6.07) is 4.02. The van der Waals surface area contributed by atoms with Crippen LogP contribution in [0.15, 0.2) is 18.2 Å². The van der Waals surface area contributed by atoms with Crippen molar-refractivity contribution in [1.82, 2.24) is 5.32 Å². The van der Waals surface area contributed by atoms with Gasteiger partial charge in [-0.3, -0.25) is 0 Å². The quantitative estimate of drug-likeness (QED) is 0.809. The van der Waals surface area contributed by atoms with E-state index in [1.807, 2.05) is 0 Å². The molecule has 2 rings (SSSR count). The molecule has 2 N–H and O–H groups in total. The highest BCUT2D eigenvalue weighted by atomic mass is 19.1. The lowest BCUT2D eigenvalue weighted by molar-refractivity contribution is 0.0694. The molecule has 1 heterocycles. The number of carboxylic acid groups (broad SMARTS) is 1. The largest absolute Gasteiger partial charge is 0.478 e. The van der Waals surface area contributed by atoms with Gasteiger partial charge >= 0.3 is 5.97 Å². The summed E-state index contributed by atoms with van der Waals surface area (Å²) in [5, 5.41) is 12.3. The summed E-state index contributed by atoms with van der Waals surface area (Å²) in [6.45, 7) is 0.890. The van der Waals surface area contributed by atoms with Crippen LogP contribution in [-0.2, 0) is 0 Å². The van der Waals surface area contributed by atoms with Crippen LogP contribution in [0, 0.1) is 5.82 Å². The Hall–Kier alpha value is -1.42. The molecule has 86 valence electrons. The van der Waals surface area contributed by atoms with E-state index in [9.17, 15) is 9.18 Å². The van der Waals surface area contributed by atoms with Crippen molar-refractivity contribution in [2.45, 2.75) is 25.3 Å². The smallest absolute Gasteiger partial charge is 0.336 e. The number of aromatic carboxylic acids is 1. The summed E-state index contributed by atoms with van der Waals surface area (Å²) in [5.74, 6) is -1.57. The second kappa shape index (κ2) is 4.61. The molecule has 1 unspecified atom stereocenters. The number of hydrogen-bond donors (Lipinski definition) is 2. The third-order valence-electron chi connectivity index (χ3n) is 2.93. The lowest BCUT2D eigenvalue weighted by Gasteiger charge is -2.25. The van der Waals surface area contributed by atoms with Crippen molar-refractivity contribution in [3.8, 4) is 0 Å². The Morgan fingerprint density at radius 3 is 2.88 bits per heavy atom. The van der Waals surface area contributed by atoms with Gasteiger partial charge in [0.05, 0.1) is 5.56 Å². The number of nitrogens with one attached hydrogen (secondary N) is 1. The molecule has 1 aromatic rings. The van der Waals surface area contributed by atoms with E-state index < -0.39 is 11.8 Å². The Kier molecular flexibility index (Phi) is 3.19. The molecular formula is C12H14FNO2. The molecule has 1 atom stereocenters. The topological polar surface area (TPSA) is 49.3 Å². The molecule has 1 aromatic carbocycles. The lowest BCUT2D eigenvalue weighted by Crippen LogP contribution is -2.28. The van der Waals surface area contributed by atoms with Gasteiger partial charge in [-0.25, -0.2) is 9.18 Å². The van der Waals surface area contributed by atoms with Gasteiger partial charge in [0.1, 0.15) is 5.82 Å². The molecular weight excluding hydrogens is 209 g/mol. The van der Waals surface area contributed by atoms with E-state index in [-0.39, 0.29) is 11.6 Å². The highest BCUT2D eigenvalue weighted by Crippen LogP contribution is 2.26. The molecule has 0 aliphatic carbocycles. The Morgan fingerprint density at radius 2 is 2.25 bits per heavy atom. The lowest BCUT2D eigenvalue weighted by atomic mass is 9.93. The van der Waals surface area contributed by atoms with Crippen LogP contribution in [-0.4, -0.2) is 17.6 Å². The first-order valence-electron chi connectivity index (χ1n) is 5.44. The average Bonchev–Trinajstić information content (AvgIpc) is 2.30. The van der Waals surface area contributed by atoms with Crippen LogP contribution in [0.2, 0.25) is 0 Å². The number of carboxylic acids is 1. The molecule has 0 spiro atoms. The normalized spacial score (nSPS) is 20.7. The number of halogens is 1. The fraction of sp³-hybridized carbons (Fsp3) is 0.417. The maximum absolute atomic E-state index is 13.0. The molecule has 0 saturated carbocycles. The van der Waals surface area contributed by atoms with Crippen molar-refractivity contribution in [2.75, 3.05) is 6.54 Å². The summed E-state index contributed by atoms with van der Waals surface area (Å²) in [7, 11) is 0. The minimum absolute atomic E-state index is 0.0421. The number of piperidine rings is 1. The number of rotatable bonds is 2. The molecule has 1 aliphatic heterocycles. The van der Waals surface area contributed by atoms with Crippen LogP contribution >= 0.6 is 0 Å². The van der Waals surface area contributed by atoms with Gasteiger partial charge in [-0.15, -0.1) is 0 Å². The van der Waals surface area contributed by atoms with Gasteiger partial charge in [-0.2, -0.15) is 0 Å². The van der Waals surface area contributed by atoms with Gasteiger partial charge < -0.3 is 10.4 Å². The van der Waals surface area contributed by atoms with Gasteiger partial charge in [0.25, 0.3) is 0 Å². The highest BCUT2D eigenvalue weighted by molar-refractivity contribution is 5.89. The molecule has 1 fully saturated rings. The molecule has 0 radical (unpaired) electrons. The van der Waals surface area contributed by atoms with Crippen LogP contribution in [0.4, 0.5) is 4.39 Å². The molecule has 4 heteroatoms. The number of carbonyl (C=O) groups is 1. The van der Waals surface area contributed by atoms with Crippen LogP contribution in [0.1, 0.15) is 41.2 Å². The van der Waals surface area contributed by atoms with E-state index >= 15 is 0 Å². The Bertz CT molecular complexity index is 400. The first-order chi connectivity index (χ1) is 7.68. The summed E-state index contributed by atoms with van der Waals surface area (Å²) < 4.78 is 13.0. The second-order valence-electron chi connectivity index (χ2n) is 4.04. The average molecular weight is 223 g/mol. The standard InChI is InChI=1S/C12H14FNO2/c13-8-4-5-9(10(7-8)12(15)16)11-3-1-2-6-14-11/h4-5,7,11,14H,1-3,6H2,(H,15,16). The van der Waals surface area contributed by atoms with Crippen LogP contribution in [0.3, 0.4) is 0 Å². The Morgan fingerprint density at radius 1 is 1.44 bits per heavy atom. The molecule has 0 aromatic heterocycles. The minimum Gasteiger partial charge on any atom is -0.478 e. The van der Waals surface area contributed by atoms with Gasteiger partial charge in [0, 0.05) is 6.04 Å². The Labute approximate surface area is 93.3 Å².